The summed E-state index contributed by atoms with van der Waals surface area (Å²) in [6, 6.07) is 0. The molecule has 61 heavy (non-hydrogen) atoms. The molecule has 10 nitrogen and oxygen atoms in total. The molecule has 0 aromatic carbocycles. The fraction of sp³-hybridized carbons (Fsp3) is 0.800. The Kier molecular flexibility index (Phi) is 41.7. The first-order valence-corrected chi connectivity index (χ1v) is 25.9. The molecule has 0 spiro atoms. The summed E-state index contributed by atoms with van der Waals surface area (Å²) in [5, 5.41) is 8.81. The van der Waals surface area contributed by atoms with E-state index in [1.54, 1.807) is 0 Å². The fourth-order valence-electron chi connectivity index (χ4n) is 6.57. The zero-order valence-corrected chi connectivity index (χ0v) is 40.4. The molecule has 0 aromatic rings. The van der Waals surface area contributed by atoms with Crippen molar-refractivity contribution >= 4 is 19.8 Å². The quantitative estimate of drug-likeness (QED) is 0.0209. The lowest BCUT2D eigenvalue weighted by Crippen LogP contribution is -2.37. The highest BCUT2D eigenvalue weighted by Crippen LogP contribution is 2.38. The number of likely N-dealkylation sites (N-methyl/N-ethyl adjacent to an activating group) is 1. The van der Waals surface area contributed by atoms with Crippen molar-refractivity contribution in [2.24, 2.45) is 0 Å². The van der Waals surface area contributed by atoms with Crippen LogP contribution in [0.1, 0.15) is 200 Å². The van der Waals surface area contributed by atoms with Crippen LogP contribution >= 0.6 is 7.82 Å². The Hall–Kier alpha value is -2.07. The molecule has 2 atom stereocenters. The molecule has 0 radical (unpaired) electrons. The van der Waals surface area contributed by atoms with E-state index in [0.717, 1.165) is 70.6 Å². The Morgan fingerprint density at radius 2 is 0.984 bits per heavy atom. The first-order chi connectivity index (χ1) is 29.5. The minimum Gasteiger partial charge on any atom is -0.756 e. The Bertz CT molecular complexity index is 1180. The van der Waals surface area contributed by atoms with Gasteiger partial charge in [0.25, 0.3) is 7.82 Å². The number of nitrogens with zero attached hydrogens (tertiary/aromatic N) is 1. The van der Waals surface area contributed by atoms with Gasteiger partial charge in [-0.1, -0.05) is 178 Å². The van der Waals surface area contributed by atoms with Gasteiger partial charge in [0, 0.05) is 19.4 Å². The van der Waals surface area contributed by atoms with Gasteiger partial charge < -0.3 is 33.0 Å². The van der Waals surface area contributed by atoms with E-state index in [0.29, 0.717) is 23.9 Å². The molecule has 356 valence electrons. The topological polar surface area (TPSA) is 131 Å². The molecular weight excluding hydrogens is 790 g/mol. The van der Waals surface area contributed by atoms with Gasteiger partial charge in [0.1, 0.15) is 19.8 Å². The summed E-state index contributed by atoms with van der Waals surface area (Å²) >= 11 is 0. The number of rotatable bonds is 45. The van der Waals surface area contributed by atoms with Crippen LogP contribution in [0.15, 0.2) is 48.6 Å². The average Bonchev–Trinajstić information content (AvgIpc) is 3.21. The van der Waals surface area contributed by atoms with E-state index in [1.807, 2.05) is 27.2 Å². The van der Waals surface area contributed by atoms with Crippen LogP contribution in [0.2, 0.25) is 0 Å². The lowest BCUT2D eigenvalue weighted by Gasteiger charge is -2.28. The third kappa shape index (κ3) is 47.2. The van der Waals surface area contributed by atoms with Gasteiger partial charge >= 0.3 is 11.9 Å². The molecule has 1 unspecified atom stereocenters. The predicted octanol–water partition coefficient (Wildman–Crippen LogP) is 12.6. The van der Waals surface area contributed by atoms with E-state index >= 15 is 0 Å². The van der Waals surface area contributed by atoms with Crippen molar-refractivity contribution in [3.05, 3.63) is 48.6 Å². The van der Waals surface area contributed by atoms with Crippen LogP contribution in [0.5, 0.6) is 0 Å². The standard InChI is InChI=1S/C50H92NO9P/c1-5-6-7-8-9-10-11-12-13-14-15-17-21-24-27-30-33-36-39-42-50(54)60-48(47-59-61(55,56)58-45-43-51(2,3)4)46-57-49(53)41-38-35-32-29-26-23-20-18-16-19-22-25-28-31-34-37-40-44-52/h16,19-20,23,25,28-29,32,48,52H,5-15,17-18,21-22,24,26-27,30-31,33-47H2,1-4H3/b19-16-,23-20-,28-25-,32-29-/t48-/m1/s1. The summed E-state index contributed by atoms with van der Waals surface area (Å²) in [6.07, 6.45) is 48.7. The van der Waals surface area contributed by atoms with E-state index in [9.17, 15) is 19.0 Å². The van der Waals surface area contributed by atoms with Crippen molar-refractivity contribution < 1.29 is 47.2 Å². The highest BCUT2D eigenvalue weighted by atomic mass is 31.2. The monoisotopic (exact) mass is 882 g/mol. The van der Waals surface area contributed by atoms with Crippen molar-refractivity contribution in [3.8, 4) is 0 Å². The maximum atomic E-state index is 12.7. The van der Waals surface area contributed by atoms with E-state index in [2.05, 4.69) is 49.5 Å². The molecule has 0 aliphatic rings. The number of carbonyl (C=O) groups excluding carboxylic acids is 2. The summed E-state index contributed by atoms with van der Waals surface area (Å²) in [5.41, 5.74) is 0. The van der Waals surface area contributed by atoms with E-state index in [4.69, 9.17) is 23.6 Å². The molecule has 0 saturated carbocycles. The van der Waals surface area contributed by atoms with Gasteiger partial charge in [0.2, 0.25) is 0 Å². The highest BCUT2D eigenvalue weighted by molar-refractivity contribution is 7.45. The molecule has 0 rings (SSSR count). The summed E-state index contributed by atoms with van der Waals surface area (Å²) in [7, 11) is 1.12. The molecule has 0 aliphatic heterocycles. The number of allylic oxidation sites excluding steroid dienone is 8. The number of carbonyl (C=O) groups is 2. The van der Waals surface area contributed by atoms with Gasteiger partial charge in [0.05, 0.1) is 27.7 Å². The number of aliphatic hydroxyl groups excluding tert-OH is 1. The number of aliphatic hydroxyl groups is 1. The fourth-order valence-corrected chi connectivity index (χ4v) is 7.30. The van der Waals surface area contributed by atoms with Crippen molar-refractivity contribution in [2.75, 3.05) is 54.1 Å². The summed E-state index contributed by atoms with van der Waals surface area (Å²) in [4.78, 5) is 37.6. The van der Waals surface area contributed by atoms with Gasteiger partial charge in [-0.15, -0.1) is 0 Å². The first-order valence-electron chi connectivity index (χ1n) is 24.5. The van der Waals surface area contributed by atoms with Crippen LogP contribution in [0.25, 0.3) is 0 Å². The van der Waals surface area contributed by atoms with Crippen molar-refractivity contribution in [1.29, 1.82) is 0 Å². The van der Waals surface area contributed by atoms with Gasteiger partial charge in [-0.25, -0.2) is 0 Å². The Morgan fingerprint density at radius 1 is 0.557 bits per heavy atom. The minimum absolute atomic E-state index is 0.0438. The smallest absolute Gasteiger partial charge is 0.306 e. The minimum atomic E-state index is -4.65. The largest absolute Gasteiger partial charge is 0.756 e. The zero-order valence-electron chi connectivity index (χ0n) is 39.6. The van der Waals surface area contributed by atoms with Crippen LogP contribution in [0.3, 0.4) is 0 Å². The van der Waals surface area contributed by atoms with Crippen LogP contribution in [-0.2, 0) is 32.7 Å². The van der Waals surface area contributed by atoms with Crippen molar-refractivity contribution in [3.63, 3.8) is 0 Å². The summed E-state index contributed by atoms with van der Waals surface area (Å²) < 4.78 is 33.9. The Balaban J connectivity index is 4.35. The average molecular weight is 882 g/mol. The van der Waals surface area contributed by atoms with Crippen molar-refractivity contribution in [1.82, 2.24) is 0 Å². The van der Waals surface area contributed by atoms with Gasteiger partial charge in [-0.3, -0.25) is 14.2 Å². The van der Waals surface area contributed by atoms with Gasteiger partial charge in [-0.05, 0) is 57.8 Å². The van der Waals surface area contributed by atoms with Crippen LogP contribution in [0.4, 0.5) is 0 Å². The number of phosphoric ester groups is 1. The molecule has 0 bridgehead atoms. The molecule has 0 amide bonds. The maximum Gasteiger partial charge on any atom is 0.306 e. The highest BCUT2D eigenvalue weighted by Gasteiger charge is 2.21. The molecule has 0 saturated heterocycles. The summed E-state index contributed by atoms with van der Waals surface area (Å²) in [6.45, 7) is 2.19. The van der Waals surface area contributed by atoms with E-state index in [1.165, 1.54) is 96.3 Å². The molecule has 0 heterocycles. The lowest BCUT2D eigenvalue weighted by molar-refractivity contribution is -0.870. The lowest BCUT2D eigenvalue weighted by atomic mass is 10.0. The molecule has 11 heteroatoms. The Morgan fingerprint density at radius 3 is 1.46 bits per heavy atom. The van der Waals surface area contributed by atoms with Crippen molar-refractivity contribution in [2.45, 2.75) is 206 Å². The third-order valence-electron chi connectivity index (χ3n) is 10.4. The van der Waals surface area contributed by atoms with Crippen LogP contribution in [-0.4, -0.2) is 81.7 Å². The molecule has 0 aromatic heterocycles. The molecule has 1 N–H and O–H groups in total. The number of hydrogen-bond acceptors (Lipinski definition) is 9. The number of esters is 2. The number of ether oxygens (including phenoxy) is 2. The van der Waals surface area contributed by atoms with E-state index in [-0.39, 0.29) is 32.7 Å². The predicted molar refractivity (Wildman–Crippen MR) is 251 cm³/mol. The zero-order chi connectivity index (χ0) is 45.0. The molecule has 0 aliphatic carbocycles. The number of quaternary nitrogens is 1. The van der Waals surface area contributed by atoms with E-state index < -0.39 is 32.5 Å². The van der Waals surface area contributed by atoms with Crippen LogP contribution in [0, 0.1) is 0 Å². The molecular formula is C50H92NO9P. The van der Waals surface area contributed by atoms with Gasteiger partial charge in [0.15, 0.2) is 6.10 Å². The number of hydrogen-bond donors (Lipinski definition) is 1. The Labute approximate surface area is 374 Å². The number of phosphoric acid groups is 1. The second-order valence-corrected chi connectivity index (χ2v) is 19.0. The summed E-state index contributed by atoms with van der Waals surface area (Å²) in [5.74, 6) is -0.909. The number of unbranched alkanes of at least 4 members (excludes halogenated alkanes) is 22. The SMILES string of the molecule is CCCCCCCCCCCCCCCCCCCCCC(=O)O[C@H](COC(=O)CCC/C=C\C/C=C\C/C=C\C/C=C\CCCCCO)COP(=O)([O-])OCC[N+](C)(C)C. The normalized spacial score (nSPS) is 13.9. The van der Waals surface area contributed by atoms with Gasteiger partial charge in [-0.2, -0.15) is 0 Å². The second-order valence-electron chi connectivity index (χ2n) is 17.6. The first kappa shape index (κ1) is 58.9. The van der Waals surface area contributed by atoms with Crippen LogP contribution < -0.4 is 4.89 Å². The third-order valence-corrected chi connectivity index (χ3v) is 11.4. The second kappa shape index (κ2) is 43.2. The molecule has 0 fully saturated rings. The maximum absolute atomic E-state index is 12.7.